The van der Waals surface area contributed by atoms with Crippen LogP contribution in [0.25, 0.3) is 11.1 Å². The maximum absolute atomic E-state index is 14.1. The Morgan fingerprint density at radius 2 is 1.65 bits per heavy atom. The summed E-state index contributed by atoms with van der Waals surface area (Å²) in [7, 11) is -0.116. The number of para-hydroxylation sites is 1. The maximum Gasteiger partial charge on any atom is 0.245 e. The number of likely N-dealkylation sites (N-methyl/N-ethyl adjacent to an activating group) is 2. The number of halogens is 1. The Hall–Kier alpha value is -2.94. The third kappa shape index (κ3) is 5.10. The number of hydrogen-bond acceptors (Lipinski definition) is 5. The van der Waals surface area contributed by atoms with E-state index in [4.69, 9.17) is 4.74 Å². The molecule has 1 atom stereocenters. The van der Waals surface area contributed by atoms with Gasteiger partial charge in [0, 0.05) is 50.0 Å². The quantitative estimate of drug-likeness (QED) is 0.435. The van der Waals surface area contributed by atoms with Gasteiger partial charge in [-0.05, 0) is 55.3 Å². The highest BCUT2D eigenvalue weighted by Gasteiger charge is 2.38. The average molecular weight is 524 g/mol. The molecule has 0 aliphatic carbocycles. The normalized spacial score (nSPS) is 20.4. The molecule has 2 heterocycles. The van der Waals surface area contributed by atoms with E-state index in [9.17, 15) is 12.8 Å². The fourth-order valence-electron chi connectivity index (χ4n) is 5.21. The van der Waals surface area contributed by atoms with E-state index < -0.39 is 10.0 Å². The van der Waals surface area contributed by atoms with Crippen LogP contribution in [0.1, 0.15) is 20.3 Å². The van der Waals surface area contributed by atoms with Gasteiger partial charge in [-0.1, -0.05) is 44.2 Å². The van der Waals surface area contributed by atoms with Crippen LogP contribution in [0.15, 0.2) is 71.6 Å². The topological polar surface area (TPSA) is 53.1 Å². The summed E-state index contributed by atoms with van der Waals surface area (Å²) >= 11 is 0. The van der Waals surface area contributed by atoms with Gasteiger partial charge in [0.15, 0.2) is 0 Å². The van der Waals surface area contributed by atoms with E-state index >= 15 is 0 Å². The van der Waals surface area contributed by atoms with E-state index in [-0.39, 0.29) is 22.9 Å². The van der Waals surface area contributed by atoms with Crippen molar-refractivity contribution in [3.8, 4) is 16.9 Å². The van der Waals surface area contributed by atoms with Crippen molar-refractivity contribution in [2.24, 2.45) is 5.92 Å². The summed E-state index contributed by atoms with van der Waals surface area (Å²) < 4.78 is 49.9. The molecule has 0 saturated carbocycles. The molecule has 8 heteroatoms. The molecule has 196 valence electrons. The Morgan fingerprint density at radius 3 is 2.27 bits per heavy atom. The number of anilines is 2. The lowest BCUT2D eigenvalue weighted by Crippen LogP contribution is -2.51. The molecular weight excluding hydrogens is 489 g/mol. The number of hydrogen-bond donors (Lipinski definition) is 0. The molecule has 3 aromatic rings. The summed E-state index contributed by atoms with van der Waals surface area (Å²) in [5.41, 5.74) is 2.87. The molecule has 0 amide bonds. The Morgan fingerprint density at radius 1 is 0.973 bits per heavy atom. The van der Waals surface area contributed by atoms with Crippen LogP contribution in [-0.4, -0.2) is 63.5 Å². The van der Waals surface area contributed by atoms with E-state index in [0.717, 1.165) is 25.2 Å². The molecule has 0 spiro atoms. The van der Waals surface area contributed by atoms with E-state index in [1.54, 1.807) is 25.2 Å². The lowest BCUT2D eigenvalue weighted by atomic mass is 10.0. The molecular formula is C29H34FN3O3S. The van der Waals surface area contributed by atoms with Gasteiger partial charge < -0.3 is 9.64 Å². The number of nitrogens with zero attached hydrogens (tertiary/aromatic N) is 3. The van der Waals surface area contributed by atoms with Crippen molar-refractivity contribution < 1.29 is 17.5 Å². The molecule has 1 saturated heterocycles. The number of ether oxygens (including phenoxy) is 1. The zero-order valence-electron chi connectivity index (χ0n) is 21.8. The van der Waals surface area contributed by atoms with Crippen molar-refractivity contribution in [3.05, 3.63) is 72.5 Å². The first-order valence-corrected chi connectivity index (χ1v) is 14.2. The van der Waals surface area contributed by atoms with Gasteiger partial charge in [0.05, 0.1) is 5.69 Å². The summed E-state index contributed by atoms with van der Waals surface area (Å²) in [5, 5.41) is 0. The summed E-state index contributed by atoms with van der Waals surface area (Å²) in [6, 6.07) is 19.4. The predicted octanol–water partition coefficient (Wildman–Crippen LogP) is 5.37. The first-order valence-electron chi connectivity index (χ1n) is 12.7. The van der Waals surface area contributed by atoms with Gasteiger partial charge in [-0.15, -0.1) is 0 Å². The van der Waals surface area contributed by atoms with E-state index in [2.05, 4.69) is 23.6 Å². The van der Waals surface area contributed by atoms with Gasteiger partial charge in [0.1, 0.15) is 22.6 Å². The minimum atomic E-state index is -3.82. The zero-order chi connectivity index (χ0) is 26.3. The average Bonchev–Trinajstić information content (AvgIpc) is 2.92. The molecule has 6 nitrogen and oxygen atoms in total. The largest absolute Gasteiger partial charge is 0.487 e. The molecule has 5 rings (SSSR count). The maximum atomic E-state index is 14.1. The fraction of sp³-hybridized carbons (Fsp3) is 0.379. The third-order valence-electron chi connectivity index (χ3n) is 7.21. The van der Waals surface area contributed by atoms with Crippen LogP contribution in [-0.2, 0) is 10.0 Å². The minimum absolute atomic E-state index is 0.00571. The van der Waals surface area contributed by atoms with E-state index in [0.29, 0.717) is 35.0 Å². The fourth-order valence-corrected chi connectivity index (χ4v) is 6.77. The Labute approximate surface area is 219 Å². The van der Waals surface area contributed by atoms with Gasteiger partial charge in [0.25, 0.3) is 0 Å². The zero-order valence-corrected chi connectivity index (χ0v) is 22.6. The third-order valence-corrected chi connectivity index (χ3v) is 9.15. The molecule has 0 bridgehead atoms. The van der Waals surface area contributed by atoms with Crippen molar-refractivity contribution in [1.29, 1.82) is 0 Å². The highest BCUT2D eigenvalue weighted by molar-refractivity contribution is 7.89. The van der Waals surface area contributed by atoms with Crippen LogP contribution in [0.2, 0.25) is 0 Å². The Balaban J connectivity index is 1.72. The van der Waals surface area contributed by atoms with Gasteiger partial charge in [0.2, 0.25) is 10.0 Å². The number of sulfonamides is 1. The monoisotopic (exact) mass is 523 g/mol. The van der Waals surface area contributed by atoms with Crippen molar-refractivity contribution in [1.82, 2.24) is 9.21 Å². The highest BCUT2D eigenvalue weighted by Crippen LogP contribution is 2.44. The Kier molecular flexibility index (Phi) is 7.00. The van der Waals surface area contributed by atoms with Gasteiger partial charge in [-0.3, -0.25) is 4.90 Å². The van der Waals surface area contributed by atoms with Crippen molar-refractivity contribution in [2.45, 2.75) is 37.3 Å². The van der Waals surface area contributed by atoms with Crippen LogP contribution in [0.3, 0.4) is 0 Å². The second-order valence-electron chi connectivity index (χ2n) is 10.5. The lowest BCUT2D eigenvalue weighted by molar-refractivity contribution is 0.0392. The van der Waals surface area contributed by atoms with E-state index in [1.807, 2.05) is 43.4 Å². The summed E-state index contributed by atoms with van der Waals surface area (Å²) in [6.45, 7) is 6.32. The first-order chi connectivity index (χ1) is 17.6. The standard InChI is InChI=1S/C29H34FN3O3S/c1-20(2)14-24-17-33(23-8-6-5-7-9-23)27-16-28(36-25-18-31(3)19-25)26(21-10-12-22(30)13-11-21)15-29(27)37(34,35)32(24)4/h5-13,15-16,20,24-25H,14,17-19H2,1-4H3/t24-/m1/s1. The molecule has 0 radical (unpaired) electrons. The van der Waals surface area contributed by atoms with Crippen LogP contribution in [0.4, 0.5) is 15.8 Å². The Bertz CT molecular complexity index is 1360. The van der Waals surface area contributed by atoms with Crippen molar-refractivity contribution in [3.63, 3.8) is 0 Å². The molecule has 0 aromatic heterocycles. The highest BCUT2D eigenvalue weighted by atomic mass is 32.2. The second-order valence-corrected chi connectivity index (χ2v) is 12.5. The SMILES string of the molecule is CC(C)C[C@@H]1CN(c2ccccc2)c2cc(OC3CN(C)C3)c(-c3ccc(F)cc3)cc2S(=O)(=O)N1C. The molecule has 1 fully saturated rings. The smallest absolute Gasteiger partial charge is 0.245 e. The molecule has 2 aliphatic rings. The summed E-state index contributed by atoms with van der Waals surface area (Å²) in [5.74, 6) is 0.580. The minimum Gasteiger partial charge on any atom is -0.487 e. The molecule has 0 N–H and O–H groups in total. The second kappa shape index (κ2) is 10.1. The predicted molar refractivity (Wildman–Crippen MR) is 145 cm³/mol. The number of rotatable bonds is 6. The number of likely N-dealkylation sites (tertiary alicyclic amines) is 1. The molecule has 0 unspecified atom stereocenters. The van der Waals surface area contributed by atoms with Gasteiger partial charge in [-0.25, -0.2) is 12.8 Å². The van der Waals surface area contributed by atoms with E-state index in [1.165, 1.54) is 16.4 Å². The van der Waals surface area contributed by atoms with Crippen LogP contribution < -0.4 is 9.64 Å². The van der Waals surface area contributed by atoms with Gasteiger partial charge in [-0.2, -0.15) is 4.31 Å². The molecule has 3 aromatic carbocycles. The number of fused-ring (bicyclic) bond motifs is 1. The van der Waals surface area contributed by atoms with Crippen molar-refractivity contribution >= 4 is 21.4 Å². The molecule has 2 aliphatic heterocycles. The number of benzene rings is 3. The first kappa shape index (κ1) is 25.7. The molecule has 37 heavy (non-hydrogen) atoms. The van der Waals surface area contributed by atoms with Crippen LogP contribution in [0.5, 0.6) is 5.75 Å². The lowest BCUT2D eigenvalue weighted by Gasteiger charge is -2.37. The summed E-state index contributed by atoms with van der Waals surface area (Å²) in [6.07, 6.45) is 0.737. The van der Waals surface area contributed by atoms with Gasteiger partial charge >= 0.3 is 0 Å². The summed E-state index contributed by atoms with van der Waals surface area (Å²) in [4.78, 5) is 4.48. The van der Waals surface area contributed by atoms with Crippen molar-refractivity contribution in [2.75, 3.05) is 38.6 Å². The van der Waals surface area contributed by atoms with Crippen LogP contribution in [0, 0.1) is 11.7 Å². The van der Waals surface area contributed by atoms with Crippen LogP contribution >= 0.6 is 0 Å².